The van der Waals surface area contributed by atoms with Crippen molar-refractivity contribution in [2.75, 3.05) is 31.1 Å². The summed E-state index contributed by atoms with van der Waals surface area (Å²) in [6, 6.07) is 5.96. The molecule has 1 heterocycles. The molecule has 0 spiro atoms. The van der Waals surface area contributed by atoms with Gasteiger partial charge in [0.1, 0.15) is 5.75 Å². The van der Waals surface area contributed by atoms with E-state index in [2.05, 4.69) is 10.2 Å². The highest BCUT2D eigenvalue weighted by Gasteiger charge is 2.20. The van der Waals surface area contributed by atoms with Crippen LogP contribution in [0.5, 0.6) is 5.75 Å². The molecule has 6 heteroatoms. The quantitative estimate of drug-likeness (QED) is 0.703. The lowest BCUT2D eigenvalue weighted by molar-refractivity contribution is -0.135. The number of aliphatic hydroxyl groups excluding tert-OH is 1. The molecular weight excluding hydrogens is 284 g/mol. The molecule has 0 saturated carbocycles. The van der Waals surface area contributed by atoms with E-state index < -0.39 is 5.97 Å². The molecular formula is C16H24N2O4. The minimum atomic E-state index is -0.867. The summed E-state index contributed by atoms with van der Waals surface area (Å²) in [5, 5.41) is 21.1. The number of rotatable bonds is 7. The first-order valence-corrected chi connectivity index (χ1v) is 7.71. The fourth-order valence-electron chi connectivity index (χ4n) is 2.62. The lowest BCUT2D eigenvalue weighted by Gasteiger charge is -2.32. The van der Waals surface area contributed by atoms with Gasteiger partial charge in [-0.1, -0.05) is 6.07 Å². The highest BCUT2D eigenvalue weighted by atomic mass is 16.5. The molecule has 3 N–H and O–H groups in total. The van der Waals surface area contributed by atoms with Crippen molar-refractivity contribution in [3.63, 3.8) is 0 Å². The second-order valence-corrected chi connectivity index (χ2v) is 5.45. The maximum Gasteiger partial charge on any atom is 0.317 e. The molecule has 1 aromatic rings. The van der Waals surface area contributed by atoms with Crippen LogP contribution in [0.2, 0.25) is 0 Å². The van der Waals surface area contributed by atoms with Crippen molar-refractivity contribution in [2.24, 2.45) is 0 Å². The number of carboxylic acids is 1. The van der Waals surface area contributed by atoms with Crippen molar-refractivity contribution in [2.45, 2.75) is 32.4 Å². The van der Waals surface area contributed by atoms with Crippen molar-refractivity contribution in [1.82, 2.24) is 5.32 Å². The predicted molar refractivity (Wildman–Crippen MR) is 84.4 cm³/mol. The van der Waals surface area contributed by atoms with Crippen molar-refractivity contribution in [3.05, 3.63) is 23.8 Å². The summed E-state index contributed by atoms with van der Waals surface area (Å²) < 4.78 is 5.74. The lowest BCUT2D eigenvalue weighted by Crippen LogP contribution is -2.36. The third-order valence-electron chi connectivity index (χ3n) is 3.73. The summed E-state index contributed by atoms with van der Waals surface area (Å²) in [5.74, 6) is -0.0537. The first-order chi connectivity index (χ1) is 10.6. The van der Waals surface area contributed by atoms with Gasteiger partial charge in [0.25, 0.3) is 0 Å². The van der Waals surface area contributed by atoms with Gasteiger partial charge in [0.15, 0.2) is 0 Å². The van der Waals surface area contributed by atoms with Crippen molar-refractivity contribution < 1.29 is 19.7 Å². The molecule has 0 bridgehead atoms. The van der Waals surface area contributed by atoms with Crippen LogP contribution in [-0.4, -0.2) is 48.5 Å². The maximum atomic E-state index is 10.5. The minimum absolute atomic E-state index is 0.0598. The number of hydrogen-bond acceptors (Lipinski definition) is 5. The van der Waals surface area contributed by atoms with E-state index in [1.54, 1.807) is 0 Å². The molecule has 0 aliphatic carbocycles. The number of ether oxygens (including phenoxy) is 1. The number of benzene rings is 1. The van der Waals surface area contributed by atoms with Gasteiger partial charge in [0.2, 0.25) is 0 Å². The molecule has 1 saturated heterocycles. The number of aliphatic carboxylic acids is 1. The number of carbonyl (C=O) groups is 1. The van der Waals surface area contributed by atoms with E-state index in [1.807, 2.05) is 25.1 Å². The van der Waals surface area contributed by atoms with Crippen LogP contribution in [0.25, 0.3) is 0 Å². The zero-order chi connectivity index (χ0) is 15.9. The number of nitrogens with zero attached hydrogens (tertiary/aromatic N) is 1. The SMILES string of the molecule is CCOc1cc(CNCC(=O)O)ccc1N1CCC(O)CC1. The van der Waals surface area contributed by atoms with E-state index in [4.69, 9.17) is 9.84 Å². The number of piperidine rings is 1. The fraction of sp³-hybridized carbons (Fsp3) is 0.562. The van der Waals surface area contributed by atoms with Crippen LogP contribution in [0.3, 0.4) is 0 Å². The summed E-state index contributed by atoms with van der Waals surface area (Å²) in [6.07, 6.45) is 1.34. The molecule has 0 unspecified atom stereocenters. The Hall–Kier alpha value is -1.79. The Bertz CT molecular complexity index is 499. The zero-order valence-electron chi connectivity index (χ0n) is 12.9. The summed E-state index contributed by atoms with van der Waals surface area (Å²) in [5.41, 5.74) is 2.03. The molecule has 1 fully saturated rings. The van der Waals surface area contributed by atoms with Gasteiger partial charge in [-0.2, -0.15) is 0 Å². The van der Waals surface area contributed by atoms with Gasteiger partial charge < -0.3 is 25.2 Å². The number of aliphatic hydroxyl groups is 1. The fourth-order valence-corrected chi connectivity index (χ4v) is 2.62. The monoisotopic (exact) mass is 308 g/mol. The van der Waals surface area contributed by atoms with E-state index >= 15 is 0 Å². The van der Waals surface area contributed by atoms with Crippen molar-refractivity contribution in [1.29, 1.82) is 0 Å². The van der Waals surface area contributed by atoms with Gasteiger partial charge in [0.05, 0.1) is 24.9 Å². The number of hydrogen-bond donors (Lipinski definition) is 3. The maximum absolute atomic E-state index is 10.5. The van der Waals surface area contributed by atoms with Crippen LogP contribution in [0, 0.1) is 0 Å². The Labute approximate surface area is 130 Å². The molecule has 122 valence electrons. The Morgan fingerprint density at radius 3 is 2.77 bits per heavy atom. The largest absolute Gasteiger partial charge is 0.492 e. The minimum Gasteiger partial charge on any atom is -0.492 e. The van der Waals surface area contributed by atoms with Crippen molar-refractivity contribution >= 4 is 11.7 Å². The van der Waals surface area contributed by atoms with Gasteiger partial charge in [-0.25, -0.2) is 0 Å². The Morgan fingerprint density at radius 1 is 1.41 bits per heavy atom. The number of nitrogens with one attached hydrogen (secondary N) is 1. The lowest BCUT2D eigenvalue weighted by atomic mass is 10.1. The van der Waals surface area contributed by atoms with E-state index in [0.29, 0.717) is 13.2 Å². The second kappa shape index (κ2) is 8.00. The average molecular weight is 308 g/mol. The Morgan fingerprint density at radius 2 is 2.14 bits per heavy atom. The Kier molecular flexibility index (Phi) is 6.03. The molecule has 0 amide bonds. The molecule has 6 nitrogen and oxygen atoms in total. The van der Waals surface area contributed by atoms with Gasteiger partial charge >= 0.3 is 5.97 Å². The van der Waals surface area contributed by atoms with E-state index in [9.17, 15) is 9.90 Å². The third kappa shape index (κ3) is 4.61. The normalized spacial score (nSPS) is 15.8. The average Bonchev–Trinajstić information content (AvgIpc) is 2.49. The van der Waals surface area contributed by atoms with Crippen LogP contribution >= 0.6 is 0 Å². The van der Waals surface area contributed by atoms with Crippen LogP contribution < -0.4 is 15.0 Å². The smallest absolute Gasteiger partial charge is 0.317 e. The molecule has 22 heavy (non-hydrogen) atoms. The van der Waals surface area contributed by atoms with Crippen LogP contribution in [-0.2, 0) is 11.3 Å². The van der Waals surface area contributed by atoms with Crippen LogP contribution in [0.15, 0.2) is 18.2 Å². The van der Waals surface area contributed by atoms with Gasteiger partial charge in [-0.3, -0.25) is 4.79 Å². The molecule has 1 aromatic carbocycles. The molecule has 1 aliphatic rings. The summed E-state index contributed by atoms with van der Waals surface area (Å²) in [4.78, 5) is 12.8. The van der Waals surface area contributed by atoms with E-state index in [-0.39, 0.29) is 12.6 Å². The number of anilines is 1. The van der Waals surface area contributed by atoms with E-state index in [0.717, 1.165) is 42.9 Å². The summed E-state index contributed by atoms with van der Waals surface area (Å²) >= 11 is 0. The predicted octanol–water partition coefficient (Wildman–Crippen LogP) is 1.22. The van der Waals surface area contributed by atoms with Crippen molar-refractivity contribution in [3.8, 4) is 5.75 Å². The standard InChI is InChI=1S/C16H24N2O4/c1-2-22-15-9-12(10-17-11-16(20)21)3-4-14(15)18-7-5-13(19)6-8-18/h3-4,9,13,17,19H,2,5-8,10-11H2,1H3,(H,20,21). The van der Waals surface area contributed by atoms with E-state index in [1.165, 1.54) is 0 Å². The van der Waals surface area contributed by atoms with Crippen LogP contribution in [0.4, 0.5) is 5.69 Å². The molecule has 0 aromatic heterocycles. The third-order valence-corrected chi connectivity index (χ3v) is 3.73. The highest BCUT2D eigenvalue weighted by molar-refractivity contribution is 5.69. The van der Waals surface area contributed by atoms with Gasteiger partial charge in [-0.15, -0.1) is 0 Å². The first kappa shape index (κ1) is 16.6. The van der Waals surface area contributed by atoms with Gasteiger partial charge in [0, 0.05) is 19.6 Å². The van der Waals surface area contributed by atoms with Crippen LogP contribution in [0.1, 0.15) is 25.3 Å². The summed E-state index contributed by atoms with van der Waals surface area (Å²) in [6.45, 7) is 4.59. The molecule has 2 rings (SSSR count). The number of carboxylic acid groups (broad SMARTS) is 1. The second-order valence-electron chi connectivity index (χ2n) is 5.45. The van der Waals surface area contributed by atoms with Gasteiger partial charge in [-0.05, 0) is 37.5 Å². The molecule has 0 atom stereocenters. The zero-order valence-corrected chi connectivity index (χ0v) is 12.9. The Balaban J connectivity index is 2.07. The molecule has 1 aliphatic heterocycles. The molecule has 0 radical (unpaired) electrons. The highest BCUT2D eigenvalue weighted by Crippen LogP contribution is 2.31. The topological polar surface area (TPSA) is 82.0 Å². The first-order valence-electron chi connectivity index (χ1n) is 7.71. The summed E-state index contributed by atoms with van der Waals surface area (Å²) in [7, 11) is 0.